The van der Waals surface area contributed by atoms with Gasteiger partial charge in [0.1, 0.15) is 12.6 Å². The van der Waals surface area contributed by atoms with Gasteiger partial charge >= 0.3 is 0 Å². The zero-order valence-corrected chi connectivity index (χ0v) is 11.2. The van der Waals surface area contributed by atoms with E-state index in [1.54, 1.807) is 0 Å². The molecule has 0 aromatic rings. The Bertz CT molecular complexity index is 254. The van der Waals surface area contributed by atoms with Crippen LogP contribution in [-0.2, 0) is 0 Å². The van der Waals surface area contributed by atoms with Crippen molar-refractivity contribution in [3.8, 4) is 0 Å². The van der Waals surface area contributed by atoms with Crippen molar-refractivity contribution in [2.45, 2.75) is 58.3 Å². The average molecular weight is 227 g/mol. The minimum absolute atomic E-state index is 0.336. The van der Waals surface area contributed by atoms with Gasteiger partial charge in [-0.1, -0.05) is 0 Å². The molecular formula is C13H27N2O+. The number of nitrogens with zero attached hydrogens (tertiary/aromatic N) is 2. The van der Waals surface area contributed by atoms with Gasteiger partial charge in [-0.3, -0.25) is 4.90 Å². The number of aliphatic hydroxyl groups excluding tert-OH is 1. The highest BCUT2D eigenvalue weighted by molar-refractivity contribution is 4.94. The molecule has 94 valence electrons. The Hall–Kier alpha value is -0.120. The van der Waals surface area contributed by atoms with Crippen molar-refractivity contribution >= 4 is 0 Å². The fourth-order valence-corrected chi connectivity index (χ4v) is 3.99. The fourth-order valence-electron chi connectivity index (χ4n) is 3.99. The summed E-state index contributed by atoms with van der Waals surface area (Å²) < 4.78 is 1.16. The average Bonchev–Trinajstić information content (AvgIpc) is 2.75. The Morgan fingerprint density at radius 2 is 2.00 bits per heavy atom. The van der Waals surface area contributed by atoms with Crippen LogP contribution in [0.15, 0.2) is 0 Å². The fraction of sp³-hybridized carbons (Fsp3) is 1.00. The highest BCUT2D eigenvalue weighted by Crippen LogP contribution is 2.39. The van der Waals surface area contributed by atoms with E-state index in [9.17, 15) is 5.11 Å². The Morgan fingerprint density at radius 3 is 2.38 bits per heavy atom. The molecular weight excluding hydrogens is 200 g/mol. The van der Waals surface area contributed by atoms with Gasteiger partial charge in [0.15, 0.2) is 0 Å². The molecule has 0 aromatic carbocycles. The standard InChI is InChI=1S/C13H27N2O/c1-10(2)14-8-13-7-12(14)9-15(13,5-6-16)11(3)4/h10-13,16H,5-9H2,1-4H3/q+1/t12-,13-,15?/m0/s1. The first-order valence-corrected chi connectivity index (χ1v) is 6.74. The molecule has 2 fully saturated rings. The lowest BCUT2D eigenvalue weighted by Crippen LogP contribution is -2.64. The molecule has 0 saturated carbocycles. The quantitative estimate of drug-likeness (QED) is 0.726. The number of piperazine rings is 1. The molecule has 16 heavy (non-hydrogen) atoms. The lowest BCUT2D eigenvalue weighted by Gasteiger charge is -2.48. The summed E-state index contributed by atoms with van der Waals surface area (Å²) in [7, 11) is 0. The molecule has 3 atom stereocenters. The molecule has 2 rings (SSSR count). The third kappa shape index (κ3) is 1.69. The summed E-state index contributed by atoms with van der Waals surface area (Å²) in [5.41, 5.74) is 0. The second kappa shape index (κ2) is 4.28. The van der Waals surface area contributed by atoms with Gasteiger partial charge in [-0.25, -0.2) is 0 Å². The van der Waals surface area contributed by atoms with E-state index in [0.717, 1.165) is 23.1 Å². The van der Waals surface area contributed by atoms with Crippen LogP contribution < -0.4 is 0 Å². The first-order valence-electron chi connectivity index (χ1n) is 6.74. The number of hydrogen-bond acceptors (Lipinski definition) is 2. The minimum Gasteiger partial charge on any atom is -0.391 e. The van der Waals surface area contributed by atoms with Crippen LogP contribution in [0.1, 0.15) is 34.1 Å². The first kappa shape index (κ1) is 12.3. The van der Waals surface area contributed by atoms with Crippen molar-refractivity contribution in [2.24, 2.45) is 0 Å². The normalized spacial score (nSPS) is 39.2. The second-order valence-electron chi connectivity index (χ2n) is 6.16. The van der Waals surface area contributed by atoms with Gasteiger partial charge in [0.2, 0.25) is 0 Å². The molecule has 1 N–H and O–H groups in total. The third-order valence-corrected chi connectivity index (χ3v) is 4.92. The molecule has 0 aliphatic carbocycles. The first-order chi connectivity index (χ1) is 7.51. The van der Waals surface area contributed by atoms with E-state index in [2.05, 4.69) is 32.6 Å². The number of hydrogen-bond donors (Lipinski definition) is 1. The van der Waals surface area contributed by atoms with Crippen LogP contribution in [0.5, 0.6) is 0 Å². The summed E-state index contributed by atoms with van der Waals surface area (Å²) in [5, 5.41) is 9.31. The van der Waals surface area contributed by atoms with Gasteiger partial charge < -0.3 is 9.59 Å². The van der Waals surface area contributed by atoms with Gasteiger partial charge in [0.25, 0.3) is 0 Å². The summed E-state index contributed by atoms with van der Waals surface area (Å²) in [4.78, 5) is 2.65. The van der Waals surface area contributed by atoms with Gasteiger partial charge in [-0.15, -0.1) is 0 Å². The zero-order chi connectivity index (χ0) is 11.9. The van der Waals surface area contributed by atoms with Crippen molar-refractivity contribution in [2.75, 3.05) is 26.2 Å². The number of aliphatic hydroxyl groups is 1. The third-order valence-electron chi connectivity index (χ3n) is 4.92. The topological polar surface area (TPSA) is 23.5 Å². The predicted molar refractivity (Wildman–Crippen MR) is 66.3 cm³/mol. The van der Waals surface area contributed by atoms with E-state index in [4.69, 9.17) is 0 Å². The monoisotopic (exact) mass is 227 g/mol. The number of quaternary nitrogens is 1. The Labute approximate surface area is 99.6 Å². The van der Waals surface area contributed by atoms with Crippen LogP contribution in [0, 0.1) is 0 Å². The summed E-state index contributed by atoms with van der Waals surface area (Å²) >= 11 is 0. The summed E-state index contributed by atoms with van der Waals surface area (Å²) in [6, 6.07) is 2.86. The maximum absolute atomic E-state index is 9.31. The van der Waals surface area contributed by atoms with Crippen molar-refractivity contribution in [1.29, 1.82) is 0 Å². The van der Waals surface area contributed by atoms with E-state index < -0.39 is 0 Å². The molecule has 2 aliphatic rings. The van der Waals surface area contributed by atoms with Crippen LogP contribution in [0.3, 0.4) is 0 Å². The van der Waals surface area contributed by atoms with E-state index in [0.29, 0.717) is 18.7 Å². The Balaban J connectivity index is 2.12. The number of likely N-dealkylation sites (tertiary alicyclic amines) is 2. The lowest BCUT2D eigenvalue weighted by molar-refractivity contribution is -0.962. The SMILES string of the molecule is CC(C)N1C[C@@H]2C[C@H]1C[N+]2(CCO)C(C)C. The van der Waals surface area contributed by atoms with Crippen molar-refractivity contribution in [3.63, 3.8) is 0 Å². The molecule has 0 amide bonds. The summed E-state index contributed by atoms with van der Waals surface area (Å²) in [6.45, 7) is 13.0. The Kier molecular flexibility index (Phi) is 3.30. The zero-order valence-electron chi connectivity index (χ0n) is 11.2. The maximum Gasteiger partial charge on any atom is 0.104 e. The lowest BCUT2D eigenvalue weighted by atomic mass is 10.1. The second-order valence-corrected chi connectivity index (χ2v) is 6.16. The maximum atomic E-state index is 9.31. The molecule has 0 spiro atoms. The largest absolute Gasteiger partial charge is 0.391 e. The van der Waals surface area contributed by atoms with Crippen molar-refractivity contribution < 1.29 is 9.59 Å². The smallest absolute Gasteiger partial charge is 0.104 e. The molecule has 3 nitrogen and oxygen atoms in total. The van der Waals surface area contributed by atoms with Gasteiger partial charge in [-0.05, 0) is 27.7 Å². The minimum atomic E-state index is 0.336. The molecule has 2 aliphatic heterocycles. The van der Waals surface area contributed by atoms with Crippen LogP contribution in [0.2, 0.25) is 0 Å². The number of rotatable bonds is 4. The van der Waals surface area contributed by atoms with Crippen LogP contribution in [0.25, 0.3) is 0 Å². The van der Waals surface area contributed by atoms with Crippen LogP contribution >= 0.6 is 0 Å². The van der Waals surface area contributed by atoms with Crippen LogP contribution in [0.4, 0.5) is 0 Å². The van der Waals surface area contributed by atoms with Gasteiger partial charge in [0, 0.05) is 12.5 Å². The Morgan fingerprint density at radius 1 is 1.31 bits per heavy atom. The van der Waals surface area contributed by atoms with Crippen molar-refractivity contribution in [1.82, 2.24) is 4.90 Å². The van der Waals surface area contributed by atoms with Crippen molar-refractivity contribution in [3.05, 3.63) is 0 Å². The van der Waals surface area contributed by atoms with E-state index in [1.807, 2.05) is 0 Å². The molecule has 0 radical (unpaired) electrons. The van der Waals surface area contributed by atoms with E-state index in [1.165, 1.54) is 19.5 Å². The van der Waals surface area contributed by atoms with E-state index in [-0.39, 0.29) is 0 Å². The van der Waals surface area contributed by atoms with E-state index >= 15 is 0 Å². The summed E-state index contributed by atoms with van der Waals surface area (Å²) in [5.74, 6) is 0. The molecule has 1 unspecified atom stereocenters. The van der Waals surface area contributed by atoms with Gasteiger partial charge in [0.05, 0.1) is 31.8 Å². The van der Waals surface area contributed by atoms with Crippen LogP contribution in [-0.4, -0.2) is 64.9 Å². The van der Waals surface area contributed by atoms with Gasteiger partial charge in [-0.2, -0.15) is 0 Å². The highest BCUT2D eigenvalue weighted by atomic mass is 16.3. The molecule has 0 aromatic heterocycles. The molecule has 3 heteroatoms. The predicted octanol–water partition coefficient (Wildman–Crippen LogP) is 1.07. The highest BCUT2D eigenvalue weighted by Gasteiger charge is 2.55. The summed E-state index contributed by atoms with van der Waals surface area (Å²) in [6.07, 6.45) is 1.34. The molecule has 2 bridgehead atoms. The molecule has 2 saturated heterocycles. The number of fused-ring (bicyclic) bond motifs is 2. The molecule has 2 heterocycles.